The fraction of sp³-hybridized carbons (Fsp3) is 0.457. The Labute approximate surface area is 248 Å². The number of hydrogen-bond acceptors (Lipinski definition) is 4. The summed E-state index contributed by atoms with van der Waals surface area (Å²) in [6, 6.07) is 21.4. The second kappa shape index (κ2) is 12.2. The van der Waals surface area contributed by atoms with Gasteiger partial charge >= 0.3 is 6.09 Å². The Morgan fingerprint density at radius 1 is 1.00 bits per heavy atom. The van der Waals surface area contributed by atoms with Crippen LogP contribution in [0.4, 0.5) is 14.9 Å². The van der Waals surface area contributed by atoms with E-state index in [-0.39, 0.29) is 17.7 Å². The Morgan fingerprint density at radius 2 is 1.64 bits per heavy atom. The Balaban J connectivity index is 1.41. The molecule has 0 saturated heterocycles. The van der Waals surface area contributed by atoms with Crippen molar-refractivity contribution in [2.24, 2.45) is 5.92 Å². The first-order valence-corrected chi connectivity index (χ1v) is 15.2. The highest BCUT2D eigenvalue weighted by atomic mass is 19.1. The molecule has 2 aliphatic carbocycles. The number of aromatic nitrogens is 1. The highest BCUT2D eigenvalue weighted by molar-refractivity contribution is 5.98. The van der Waals surface area contributed by atoms with E-state index in [1.807, 2.05) is 49.9 Å². The van der Waals surface area contributed by atoms with Crippen LogP contribution in [0.25, 0.3) is 11.1 Å². The number of amides is 2. The van der Waals surface area contributed by atoms with Crippen molar-refractivity contribution < 1.29 is 18.7 Å². The third-order valence-corrected chi connectivity index (χ3v) is 8.28. The highest BCUT2D eigenvalue weighted by Crippen LogP contribution is 2.48. The summed E-state index contributed by atoms with van der Waals surface area (Å²) < 4.78 is 19.5. The summed E-state index contributed by atoms with van der Waals surface area (Å²) >= 11 is 0. The van der Waals surface area contributed by atoms with E-state index < -0.39 is 23.2 Å². The van der Waals surface area contributed by atoms with Gasteiger partial charge in [0.2, 0.25) is 11.9 Å². The molecule has 0 spiro atoms. The Morgan fingerprint density at radius 3 is 2.24 bits per heavy atom. The normalized spacial score (nSPS) is 19.3. The topological polar surface area (TPSA) is 71.5 Å². The van der Waals surface area contributed by atoms with Gasteiger partial charge < -0.3 is 15.0 Å². The molecule has 3 aromatic rings. The first-order chi connectivity index (χ1) is 20.1. The van der Waals surface area contributed by atoms with Gasteiger partial charge in [0.25, 0.3) is 0 Å². The first kappa shape index (κ1) is 29.7. The fourth-order valence-electron chi connectivity index (χ4n) is 6.11. The lowest BCUT2D eigenvalue weighted by atomic mass is 9.95. The average Bonchev–Trinajstić information content (AvgIpc) is 3.63. The number of alkyl carbamates (subject to hydrolysis) is 1. The number of ether oxygens (including phenoxy) is 1. The second-order valence-corrected chi connectivity index (χ2v) is 12.9. The Hall–Kier alpha value is -3.74. The smallest absolute Gasteiger partial charge is 0.408 e. The number of hydrogen-bond donors (Lipinski definition) is 1. The van der Waals surface area contributed by atoms with Gasteiger partial charge in [-0.3, -0.25) is 4.79 Å². The number of nitrogens with one attached hydrogen (secondary N) is 1. The minimum atomic E-state index is -0.622. The number of anilines is 1. The van der Waals surface area contributed by atoms with Gasteiger partial charge in [-0.05, 0) is 87.4 Å². The van der Waals surface area contributed by atoms with Gasteiger partial charge in [-0.15, -0.1) is 0 Å². The third kappa shape index (κ3) is 7.18. The zero-order valence-corrected chi connectivity index (χ0v) is 25.2. The molecule has 0 aliphatic heterocycles. The molecular formula is C35H42FN3O3. The molecule has 1 N–H and O–H groups in total. The van der Waals surface area contributed by atoms with E-state index >= 15 is 0 Å². The summed E-state index contributed by atoms with van der Waals surface area (Å²) in [5.41, 5.74) is 3.69. The van der Waals surface area contributed by atoms with Crippen molar-refractivity contribution in [2.45, 2.75) is 89.7 Å². The molecular weight excluding hydrogens is 529 g/mol. The lowest BCUT2D eigenvalue weighted by molar-refractivity contribution is -0.120. The minimum absolute atomic E-state index is 0.0278. The maximum absolute atomic E-state index is 14.1. The number of pyridine rings is 1. The van der Waals surface area contributed by atoms with Crippen LogP contribution in [0.3, 0.4) is 0 Å². The maximum Gasteiger partial charge on any atom is 0.408 e. The van der Waals surface area contributed by atoms with Gasteiger partial charge in [-0.2, -0.15) is 4.39 Å². The molecule has 5 rings (SSSR count). The molecule has 0 bridgehead atoms. The van der Waals surface area contributed by atoms with E-state index in [4.69, 9.17) is 4.74 Å². The molecule has 6 nitrogen and oxygen atoms in total. The van der Waals surface area contributed by atoms with Gasteiger partial charge in [0.15, 0.2) is 0 Å². The standard InChI is InChI=1S/C35H42FN3O3/c1-5-9-24-12-14-25(15-13-24)26-16-18-27(19-17-26)39(32(40)29-22-28(29)30-10-8-11-31(36)37-30)23-35(20-6-7-21-35)38-33(41)42-34(2,3)4/h8,10-19,28-29H,5-7,9,20-23H2,1-4H3,(H,38,41)/t28-,29-/m1/s1. The number of carbonyl (C=O) groups is 2. The van der Waals surface area contributed by atoms with Crippen LogP contribution in [0.1, 0.15) is 83.4 Å². The van der Waals surface area contributed by atoms with Crippen LogP contribution < -0.4 is 10.2 Å². The molecule has 2 amide bonds. The van der Waals surface area contributed by atoms with Crippen molar-refractivity contribution >= 4 is 17.7 Å². The van der Waals surface area contributed by atoms with Crippen molar-refractivity contribution in [3.8, 4) is 11.1 Å². The number of nitrogens with zero attached hydrogens (tertiary/aromatic N) is 2. The quantitative estimate of drug-likeness (QED) is 0.266. The van der Waals surface area contributed by atoms with Crippen molar-refractivity contribution in [2.75, 3.05) is 11.4 Å². The summed E-state index contributed by atoms with van der Waals surface area (Å²) in [7, 11) is 0. The lowest BCUT2D eigenvalue weighted by Gasteiger charge is -2.37. The van der Waals surface area contributed by atoms with Gasteiger partial charge in [0.05, 0.1) is 5.54 Å². The summed E-state index contributed by atoms with van der Waals surface area (Å²) in [6.07, 6.45) is 5.78. The third-order valence-electron chi connectivity index (χ3n) is 8.28. The van der Waals surface area contributed by atoms with Gasteiger partial charge in [-0.25, -0.2) is 9.78 Å². The van der Waals surface area contributed by atoms with E-state index in [0.717, 1.165) is 55.3 Å². The van der Waals surface area contributed by atoms with Crippen molar-refractivity contribution in [1.29, 1.82) is 0 Å². The molecule has 2 atom stereocenters. The molecule has 42 heavy (non-hydrogen) atoms. The zero-order chi connectivity index (χ0) is 29.9. The SMILES string of the molecule is CCCc1ccc(-c2ccc(N(CC3(NC(=O)OC(C)(C)C)CCCC3)C(=O)[C@@H]3C[C@H]3c3cccc(F)n3)cc2)cc1. The van der Waals surface area contributed by atoms with Crippen molar-refractivity contribution in [3.63, 3.8) is 0 Å². The molecule has 2 saturated carbocycles. The molecule has 0 unspecified atom stereocenters. The molecule has 0 radical (unpaired) electrons. The molecule has 222 valence electrons. The molecule has 7 heteroatoms. The van der Waals surface area contributed by atoms with E-state index in [1.165, 1.54) is 11.6 Å². The van der Waals surface area contributed by atoms with Gasteiger partial charge in [-0.1, -0.05) is 68.7 Å². The Bertz CT molecular complexity index is 1390. The first-order valence-electron chi connectivity index (χ1n) is 15.2. The largest absolute Gasteiger partial charge is 0.444 e. The molecule has 1 heterocycles. The molecule has 2 fully saturated rings. The van der Waals surface area contributed by atoms with Crippen molar-refractivity contribution in [1.82, 2.24) is 10.3 Å². The minimum Gasteiger partial charge on any atom is -0.444 e. The van der Waals surface area contributed by atoms with E-state index in [2.05, 4.69) is 41.5 Å². The number of halogens is 1. The number of carbonyl (C=O) groups excluding carboxylic acids is 2. The maximum atomic E-state index is 14.1. The average molecular weight is 572 g/mol. The van der Waals surface area contributed by atoms with Crippen LogP contribution >= 0.6 is 0 Å². The lowest BCUT2D eigenvalue weighted by Crippen LogP contribution is -2.56. The summed E-state index contributed by atoms with van der Waals surface area (Å²) in [4.78, 5) is 32.9. The van der Waals surface area contributed by atoms with Crippen LogP contribution in [-0.4, -0.2) is 34.7 Å². The van der Waals surface area contributed by atoms with Crippen LogP contribution in [0.5, 0.6) is 0 Å². The highest BCUT2D eigenvalue weighted by Gasteiger charge is 2.49. The van der Waals surface area contributed by atoms with E-state index in [1.54, 1.807) is 12.1 Å². The Kier molecular flexibility index (Phi) is 8.67. The molecule has 1 aromatic heterocycles. The second-order valence-electron chi connectivity index (χ2n) is 12.9. The number of benzene rings is 2. The van der Waals surface area contributed by atoms with Crippen LogP contribution in [-0.2, 0) is 16.0 Å². The van der Waals surface area contributed by atoms with Crippen LogP contribution in [0.15, 0.2) is 66.7 Å². The van der Waals surface area contributed by atoms with Crippen LogP contribution in [0, 0.1) is 11.9 Å². The van der Waals surface area contributed by atoms with Crippen molar-refractivity contribution in [3.05, 3.63) is 83.9 Å². The molecule has 2 aliphatic rings. The van der Waals surface area contributed by atoms with E-state index in [0.29, 0.717) is 18.7 Å². The number of rotatable bonds is 9. The zero-order valence-electron chi connectivity index (χ0n) is 25.2. The summed E-state index contributed by atoms with van der Waals surface area (Å²) in [6.45, 7) is 8.05. The van der Waals surface area contributed by atoms with Gasteiger partial charge in [0, 0.05) is 29.8 Å². The van der Waals surface area contributed by atoms with Gasteiger partial charge in [0.1, 0.15) is 5.60 Å². The predicted octanol–water partition coefficient (Wildman–Crippen LogP) is 7.81. The monoisotopic (exact) mass is 571 g/mol. The summed E-state index contributed by atoms with van der Waals surface area (Å²) in [5, 5.41) is 3.15. The number of aryl methyl sites for hydroxylation is 1. The fourth-order valence-corrected chi connectivity index (χ4v) is 6.11. The predicted molar refractivity (Wildman–Crippen MR) is 164 cm³/mol. The van der Waals surface area contributed by atoms with E-state index in [9.17, 15) is 14.0 Å². The summed E-state index contributed by atoms with van der Waals surface area (Å²) in [5.74, 6) is -0.966. The van der Waals surface area contributed by atoms with Crippen LogP contribution in [0.2, 0.25) is 0 Å². The molecule has 2 aromatic carbocycles.